The standard InChI is InChI=1S/C26H30ClN3O2/c1-31-26-16-22(4-7-25(26)32-19-21-2-5-23(27)6-3-21)17-29-24-10-14-30(15-11-24)18-20-8-12-28-13-9-20/h2-9,12-13,16,24,29H,10-11,14-15,17-19H2,1H3. The molecule has 168 valence electrons. The Morgan fingerprint density at radius 3 is 2.38 bits per heavy atom. The normalized spacial score (nSPS) is 14.9. The molecule has 0 radical (unpaired) electrons. The van der Waals surface area contributed by atoms with E-state index >= 15 is 0 Å². The van der Waals surface area contributed by atoms with E-state index in [-0.39, 0.29) is 0 Å². The van der Waals surface area contributed by atoms with Gasteiger partial charge in [0.1, 0.15) is 6.61 Å². The van der Waals surface area contributed by atoms with Crippen molar-refractivity contribution in [2.75, 3.05) is 20.2 Å². The van der Waals surface area contributed by atoms with Crippen molar-refractivity contribution in [2.45, 2.75) is 38.6 Å². The highest BCUT2D eigenvalue weighted by Crippen LogP contribution is 2.29. The van der Waals surface area contributed by atoms with Crippen LogP contribution in [0.3, 0.4) is 0 Å². The Bertz CT molecular complexity index is 974. The number of nitrogens with one attached hydrogen (secondary N) is 1. The number of likely N-dealkylation sites (tertiary alicyclic amines) is 1. The third-order valence-corrected chi connectivity index (χ3v) is 6.13. The van der Waals surface area contributed by atoms with E-state index < -0.39 is 0 Å². The molecule has 0 unspecified atom stereocenters. The lowest BCUT2D eigenvalue weighted by Gasteiger charge is -2.32. The first-order valence-electron chi connectivity index (χ1n) is 11.1. The molecule has 3 aromatic rings. The Morgan fingerprint density at radius 1 is 0.938 bits per heavy atom. The second-order valence-corrected chi connectivity index (χ2v) is 8.62. The van der Waals surface area contributed by atoms with E-state index in [2.05, 4.69) is 39.5 Å². The van der Waals surface area contributed by atoms with Crippen LogP contribution in [0.25, 0.3) is 0 Å². The van der Waals surface area contributed by atoms with Crippen molar-refractivity contribution in [1.82, 2.24) is 15.2 Å². The number of piperidine rings is 1. The molecule has 1 aliphatic heterocycles. The van der Waals surface area contributed by atoms with E-state index in [1.807, 2.05) is 42.7 Å². The van der Waals surface area contributed by atoms with E-state index in [9.17, 15) is 0 Å². The summed E-state index contributed by atoms with van der Waals surface area (Å²) < 4.78 is 11.5. The number of halogens is 1. The molecule has 1 aromatic heterocycles. The molecule has 0 spiro atoms. The van der Waals surface area contributed by atoms with E-state index in [1.54, 1.807) is 7.11 Å². The molecule has 2 heterocycles. The predicted molar refractivity (Wildman–Crippen MR) is 128 cm³/mol. The van der Waals surface area contributed by atoms with Crippen molar-refractivity contribution >= 4 is 11.6 Å². The minimum absolute atomic E-state index is 0.475. The van der Waals surface area contributed by atoms with Gasteiger partial charge in [0.2, 0.25) is 0 Å². The summed E-state index contributed by atoms with van der Waals surface area (Å²) in [6, 6.07) is 18.6. The molecule has 4 rings (SSSR count). The van der Waals surface area contributed by atoms with Gasteiger partial charge in [-0.15, -0.1) is 0 Å². The zero-order valence-corrected chi connectivity index (χ0v) is 19.2. The summed E-state index contributed by atoms with van der Waals surface area (Å²) in [5.74, 6) is 1.50. The van der Waals surface area contributed by atoms with Crippen LogP contribution in [0.15, 0.2) is 67.0 Å². The third-order valence-electron chi connectivity index (χ3n) is 5.87. The number of benzene rings is 2. The highest BCUT2D eigenvalue weighted by Gasteiger charge is 2.19. The Morgan fingerprint density at radius 2 is 1.66 bits per heavy atom. The van der Waals surface area contributed by atoms with Crippen LogP contribution in [-0.2, 0) is 19.7 Å². The number of methoxy groups -OCH3 is 1. The van der Waals surface area contributed by atoms with E-state index in [0.717, 1.165) is 61.1 Å². The van der Waals surface area contributed by atoms with Crippen LogP contribution in [0.4, 0.5) is 0 Å². The first kappa shape index (κ1) is 22.6. The first-order chi connectivity index (χ1) is 15.7. The van der Waals surface area contributed by atoms with Gasteiger partial charge in [-0.2, -0.15) is 0 Å². The summed E-state index contributed by atoms with van der Waals surface area (Å²) in [5.41, 5.74) is 3.59. The van der Waals surface area contributed by atoms with E-state index in [4.69, 9.17) is 21.1 Å². The van der Waals surface area contributed by atoms with E-state index in [1.165, 1.54) is 11.1 Å². The van der Waals surface area contributed by atoms with Crippen molar-refractivity contribution in [3.05, 3.63) is 88.7 Å². The monoisotopic (exact) mass is 451 g/mol. The fraction of sp³-hybridized carbons (Fsp3) is 0.346. The Labute approximate surface area is 195 Å². The van der Waals surface area contributed by atoms with Crippen molar-refractivity contribution in [2.24, 2.45) is 0 Å². The molecule has 1 fully saturated rings. The van der Waals surface area contributed by atoms with Crippen LogP contribution < -0.4 is 14.8 Å². The van der Waals surface area contributed by atoms with Gasteiger partial charge in [-0.25, -0.2) is 0 Å². The quantitative estimate of drug-likeness (QED) is 0.491. The number of rotatable bonds is 9. The maximum absolute atomic E-state index is 5.97. The Kier molecular flexibility index (Phi) is 7.99. The molecule has 0 aliphatic carbocycles. The molecule has 0 amide bonds. The van der Waals surface area contributed by atoms with Crippen molar-refractivity contribution in [3.8, 4) is 11.5 Å². The fourth-order valence-corrected chi connectivity index (χ4v) is 4.11. The SMILES string of the molecule is COc1cc(CNC2CCN(Cc3ccncc3)CC2)ccc1OCc1ccc(Cl)cc1. The highest BCUT2D eigenvalue weighted by atomic mass is 35.5. The van der Waals surface area contributed by atoms with Gasteiger partial charge in [0.15, 0.2) is 11.5 Å². The maximum Gasteiger partial charge on any atom is 0.161 e. The lowest BCUT2D eigenvalue weighted by molar-refractivity contribution is 0.190. The summed E-state index contributed by atoms with van der Waals surface area (Å²) in [6.45, 7) is 4.53. The van der Waals surface area contributed by atoms with Crippen LogP contribution in [-0.4, -0.2) is 36.1 Å². The third kappa shape index (κ3) is 6.45. The topological polar surface area (TPSA) is 46.6 Å². The number of hydrogen-bond acceptors (Lipinski definition) is 5. The predicted octanol–water partition coefficient (Wildman–Crippen LogP) is 5.08. The number of hydrogen-bond donors (Lipinski definition) is 1. The summed E-state index contributed by atoms with van der Waals surface area (Å²) in [7, 11) is 1.68. The molecule has 0 atom stereocenters. The number of pyridine rings is 1. The Hall–Kier alpha value is -2.60. The summed E-state index contributed by atoms with van der Waals surface area (Å²) in [6.07, 6.45) is 6.05. The number of aromatic nitrogens is 1. The van der Waals surface area contributed by atoms with Gasteiger partial charge >= 0.3 is 0 Å². The fourth-order valence-electron chi connectivity index (χ4n) is 3.99. The molecule has 6 heteroatoms. The summed E-state index contributed by atoms with van der Waals surface area (Å²) in [4.78, 5) is 6.62. The molecular formula is C26H30ClN3O2. The largest absolute Gasteiger partial charge is 0.493 e. The van der Waals surface area contributed by atoms with Gasteiger partial charge in [-0.05, 0) is 79.0 Å². The molecule has 1 aliphatic rings. The number of nitrogens with zero attached hydrogens (tertiary/aromatic N) is 2. The average molecular weight is 452 g/mol. The summed E-state index contributed by atoms with van der Waals surface area (Å²) >= 11 is 5.95. The van der Waals surface area contributed by atoms with Gasteiger partial charge in [0.05, 0.1) is 7.11 Å². The van der Waals surface area contributed by atoms with Crippen molar-refractivity contribution in [3.63, 3.8) is 0 Å². The molecule has 1 saturated heterocycles. The van der Waals surface area contributed by atoms with Crippen LogP contribution in [0.2, 0.25) is 5.02 Å². The van der Waals surface area contributed by atoms with Gasteiger partial charge in [0.25, 0.3) is 0 Å². The van der Waals surface area contributed by atoms with Crippen LogP contribution >= 0.6 is 11.6 Å². The molecular weight excluding hydrogens is 422 g/mol. The van der Waals surface area contributed by atoms with Gasteiger partial charge in [0, 0.05) is 36.5 Å². The zero-order chi connectivity index (χ0) is 22.2. The van der Waals surface area contributed by atoms with Crippen molar-refractivity contribution in [1.29, 1.82) is 0 Å². The van der Waals surface area contributed by atoms with Crippen LogP contribution in [0.1, 0.15) is 29.5 Å². The highest BCUT2D eigenvalue weighted by molar-refractivity contribution is 6.30. The van der Waals surface area contributed by atoms with Crippen LogP contribution in [0, 0.1) is 0 Å². The van der Waals surface area contributed by atoms with Gasteiger partial charge in [-0.3, -0.25) is 9.88 Å². The average Bonchev–Trinajstić information content (AvgIpc) is 2.84. The van der Waals surface area contributed by atoms with Crippen molar-refractivity contribution < 1.29 is 9.47 Å². The van der Waals surface area contributed by atoms with Crippen LogP contribution in [0.5, 0.6) is 11.5 Å². The number of ether oxygens (including phenoxy) is 2. The molecule has 0 bridgehead atoms. The zero-order valence-electron chi connectivity index (χ0n) is 18.5. The maximum atomic E-state index is 5.97. The molecule has 1 N–H and O–H groups in total. The second-order valence-electron chi connectivity index (χ2n) is 8.19. The minimum Gasteiger partial charge on any atom is -0.493 e. The molecule has 0 saturated carbocycles. The first-order valence-corrected chi connectivity index (χ1v) is 11.5. The lowest BCUT2D eigenvalue weighted by Crippen LogP contribution is -2.41. The molecule has 5 nitrogen and oxygen atoms in total. The second kappa shape index (κ2) is 11.3. The van der Waals surface area contributed by atoms with Gasteiger partial charge < -0.3 is 14.8 Å². The minimum atomic E-state index is 0.475. The molecule has 32 heavy (non-hydrogen) atoms. The summed E-state index contributed by atoms with van der Waals surface area (Å²) in [5, 5.41) is 4.44. The Balaban J connectivity index is 1.24. The van der Waals surface area contributed by atoms with Gasteiger partial charge in [-0.1, -0.05) is 29.8 Å². The van der Waals surface area contributed by atoms with E-state index in [0.29, 0.717) is 12.6 Å². The molecule has 2 aromatic carbocycles. The smallest absolute Gasteiger partial charge is 0.161 e. The lowest BCUT2D eigenvalue weighted by atomic mass is 10.0.